The number of rotatable bonds is 12. The van der Waals surface area contributed by atoms with Crippen molar-refractivity contribution in [3.8, 4) is 0 Å². The molecule has 3 aromatic carbocycles. The molecular formula is C32H40FN3O4S. The molecule has 1 N–H and O–H groups in total. The number of aryl methyl sites for hydroxylation is 3. The molecule has 2 amide bonds. The smallest absolute Gasteiger partial charge is 0.264 e. The Labute approximate surface area is 243 Å². The maximum atomic E-state index is 14.1. The van der Waals surface area contributed by atoms with E-state index in [9.17, 15) is 22.4 Å². The average Bonchev–Trinajstić information content (AvgIpc) is 2.93. The maximum Gasteiger partial charge on any atom is 0.264 e. The van der Waals surface area contributed by atoms with Crippen molar-refractivity contribution in [2.24, 2.45) is 5.92 Å². The van der Waals surface area contributed by atoms with Gasteiger partial charge in [-0.15, -0.1) is 0 Å². The second-order valence-corrected chi connectivity index (χ2v) is 12.7. The predicted molar refractivity (Wildman–Crippen MR) is 161 cm³/mol. The van der Waals surface area contributed by atoms with Gasteiger partial charge in [0.2, 0.25) is 11.8 Å². The highest BCUT2D eigenvalue weighted by atomic mass is 32.2. The van der Waals surface area contributed by atoms with Crippen LogP contribution in [-0.2, 0) is 26.2 Å². The van der Waals surface area contributed by atoms with Gasteiger partial charge in [-0.3, -0.25) is 13.9 Å². The summed E-state index contributed by atoms with van der Waals surface area (Å²) in [7, 11) is -4.16. The summed E-state index contributed by atoms with van der Waals surface area (Å²) in [6.45, 7) is 11.2. The molecule has 0 radical (unpaired) electrons. The van der Waals surface area contributed by atoms with Crippen LogP contribution in [0.4, 0.5) is 10.1 Å². The second-order valence-electron chi connectivity index (χ2n) is 10.8. The number of amides is 2. The van der Waals surface area contributed by atoms with Gasteiger partial charge in [0, 0.05) is 13.1 Å². The number of benzene rings is 3. The predicted octanol–water partition coefficient (Wildman–Crippen LogP) is 5.53. The third-order valence-corrected chi connectivity index (χ3v) is 8.63. The molecule has 220 valence electrons. The Morgan fingerprint density at radius 1 is 0.902 bits per heavy atom. The molecule has 7 nitrogen and oxygen atoms in total. The van der Waals surface area contributed by atoms with Crippen molar-refractivity contribution in [1.29, 1.82) is 0 Å². The zero-order valence-corrected chi connectivity index (χ0v) is 25.5. The maximum absolute atomic E-state index is 14.1. The minimum absolute atomic E-state index is 0.0118. The Morgan fingerprint density at radius 3 is 2.10 bits per heavy atom. The Hall–Kier alpha value is -3.72. The highest BCUT2D eigenvalue weighted by molar-refractivity contribution is 7.92. The van der Waals surface area contributed by atoms with Crippen LogP contribution in [0.25, 0.3) is 0 Å². The molecule has 1 unspecified atom stereocenters. The fraction of sp³-hybridized carbons (Fsp3) is 0.375. The monoisotopic (exact) mass is 581 g/mol. The third kappa shape index (κ3) is 8.16. The van der Waals surface area contributed by atoms with Gasteiger partial charge in [0.1, 0.15) is 18.4 Å². The van der Waals surface area contributed by atoms with E-state index in [0.29, 0.717) is 29.8 Å². The molecule has 0 heterocycles. The van der Waals surface area contributed by atoms with Crippen LogP contribution < -0.4 is 9.62 Å². The Bertz CT molecular complexity index is 1460. The zero-order chi connectivity index (χ0) is 30.3. The second kappa shape index (κ2) is 13.8. The van der Waals surface area contributed by atoms with E-state index in [4.69, 9.17) is 0 Å². The van der Waals surface area contributed by atoms with Gasteiger partial charge >= 0.3 is 0 Å². The van der Waals surface area contributed by atoms with Gasteiger partial charge in [-0.1, -0.05) is 62.7 Å². The Balaban J connectivity index is 2.08. The summed E-state index contributed by atoms with van der Waals surface area (Å²) in [6.07, 6.45) is 0.311. The van der Waals surface area contributed by atoms with Crippen LogP contribution in [0.5, 0.6) is 0 Å². The fourth-order valence-electron chi connectivity index (χ4n) is 4.47. The molecule has 0 saturated heterocycles. The molecule has 3 aromatic rings. The van der Waals surface area contributed by atoms with Crippen LogP contribution in [0.3, 0.4) is 0 Å². The molecule has 0 aliphatic heterocycles. The van der Waals surface area contributed by atoms with Gasteiger partial charge < -0.3 is 10.2 Å². The number of anilines is 1. The minimum atomic E-state index is -4.16. The summed E-state index contributed by atoms with van der Waals surface area (Å²) in [4.78, 5) is 28.9. The van der Waals surface area contributed by atoms with Crippen molar-refractivity contribution in [3.05, 3.63) is 94.8 Å². The van der Waals surface area contributed by atoms with Crippen molar-refractivity contribution in [2.45, 2.75) is 65.4 Å². The molecule has 1 atom stereocenters. The number of nitrogens with one attached hydrogen (secondary N) is 1. The van der Waals surface area contributed by atoms with Gasteiger partial charge in [-0.2, -0.15) is 0 Å². The van der Waals surface area contributed by atoms with Crippen LogP contribution in [0.1, 0.15) is 49.4 Å². The Morgan fingerprint density at radius 2 is 1.51 bits per heavy atom. The highest BCUT2D eigenvalue weighted by Crippen LogP contribution is 2.29. The van der Waals surface area contributed by atoms with Crippen molar-refractivity contribution in [3.63, 3.8) is 0 Å². The minimum Gasteiger partial charge on any atom is -0.354 e. The van der Waals surface area contributed by atoms with E-state index in [1.165, 1.54) is 29.2 Å². The molecule has 0 aromatic heterocycles. The van der Waals surface area contributed by atoms with Gasteiger partial charge in [0.25, 0.3) is 10.0 Å². The molecule has 9 heteroatoms. The van der Waals surface area contributed by atoms with E-state index in [1.54, 1.807) is 44.2 Å². The normalized spacial score (nSPS) is 12.2. The topological polar surface area (TPSA) is 86.8 Å². The lowest BCUT2D eigenvalue weighted by Gasteiger charge is -2.33. The summed E-state index contributed by atoms with van der Waals surface area (Å²) >= 11 is 0. The van der Waals surface area contributed by atoms with E-state index >= 15 is 0 Å². The molecule has 0 bridgehead atoms. The number of hydrogen-bond acceptors (Lipinski definition) is 4. The first-order chi connectivity index (χ1) is 19.3. The SMILES string of the molecule is CCC(C(=O)NCC(C)C)N(Cc1ccc(F)cc1)C(=O)CN(c1cc(C)ccc1C)S(=O)(=O)c1ccc(C)cc1. The van der Waals surface area contributed by atoms with E-state index in [2.05, 4.69) is 5.32 Å². The number of halogens is 1. The van der Waals surface area contributed by atoms with Crippen molar-refractivity contribution < 1.29 is 22.4 Å². The summed E-state index contributed by atoms with van der Waals surface area (Å²) in [5.41, 5.74) is 3.44. The van der Waals surface area contributed by atoms with Crippen LogP contribution in [0.2, 0.25) is 0 Å². The van der Waals surface area contributed by atoms with Gasteiger partial charge in [-0.25, -0.2) is 12.8 Å². The lowest BCUT2D eigenvalue weighted by Crippen LogP contribution is -2.52. The molecule has 0 aliphatic rings. The Kier molecular flexibility index (Phi) is 10.7. The number of carbonyl (C=O) groups is 2. The molecule has 41 heavy (non-hydrogen) atoms. The number of nitrogens with zero attached hydrogens (tertiary/aromatic N) is 2. The largest absolute Gasteiger partial charge is 0.354 e. The molecule has 0 saturated carbocycles. The van der Waals surface area contributed by atoms with Gasteiger partial charge in [0.15, 0.2) is 0 Å². The average molecular weight is 582 g/mol. The lowest BCUT2D eigenvalue weighted by molar-refractivity contribution is -0.140. The van der Waals surface area contributed by atoms with Crippen LogP contribution in [-0.4, -0.2) is 44.3 Å². The summed E-state index contributed by atoms with van der Waals surface area (Å²) < 4.78 is 42.9. The fourth-order valence-corrected chi connectivity index (χ4v) is 5.94. The summed E-state index contributed by atoms with van der Waals surface area (Å²) in [5.74, 6) is -1.08. The molecule has 0 aliphatic carbocycles. The van der Waals surface area contributed by atoms with E-state index in [0.717, 1.165) is 15.4 Å². The van der Waals surface area contributed by atoms with E-state index in [-0.39, 0.29) is 23.3 Å². The van der Waals surface area contributed by atoms with Crippen LogP contribution in [0, 0.1) is 32.5 Å². The van der Waals surface area contributed by atoms with Crippen LogP contribution in [0.15, 0.2) is 71.6 Å². The van der Waals surface area contributed by atoms with E-state index < -0.39 is 34.3 Å². The first-order valence-corrected chi connectivity index (χ1v) is 15.3. The highest BCUT2D eigenvalue weighted by Gasteiger charge is 2.34. The standard InChI is InChI=1S/C32H40FN3O4S/c1-7-29(32(38)34-19-22(2)3)35(20-26-12-14-27(33)15-13-26)31(37)21-36(30-18-24(5)8-11-25(30)6)41(39,40)28-16-9-23(4)10-17-28/h8-18,22,29H,7,19-21H2,1-6H3,(H,34,38). The van der Waals surface area contributed by atoms with Crippen molar-refractivity contribution >= 4 is 27.5 Å². The molecule has 0 spiro atoms. The van der Waals surface area contributed by atoms with Gasteiger partial charge in [-0.05, 0) is 80.1 Å². The molecular weight excluding hydrogens is 541 g/mol. The number of carbonyl (C=O) groups excluding carboxylic acids is 2. The molecule has 3 rings (SSSR count). The lowest BCUT2D eigenvalue weighted by atomic mass is 10.1. The molecule has 0 fully saturated rings. The van der Waals surface area contributed by atoms with Crippen LogP contribution >= 0.6 is 0 Å². The van der Waals surface area contributed by atoms with Gasteiger partial charge in [0.05, 0.1) is 10.6 Å². The first kappa shape index (κ1) is 31.8. The first-order valence-electron chi connectivity index (χ1n) is 13.8. The van der Waals surface area contributed by atoms with E-state index in [1.807, 2.05) is 39.8 Å². The third-order valence-electron chi connectivity index (χ3n) is 6.86. The zero-order valence-electron chi connectivity index (χ0n) is 24.6. The summed E-state index contributed by atoms with van der Waals surface area (Å²) in [5, 5.41) is 2.90. The van der Waals surface area contributed by atoms with Crippen molar-refractivity contribution in [1.82, 2.24) is 10.2 Å². The summed E-state index contributed by atoms with van der Waals surface area (Å²) in [6, 6.07) is 16.8. The van der Waals surface area contributed by atoms with Crippen molar-refractivity contribution in [2.75, 3.05) is 17.4 Å². The number of hydrogen-bond donors (Lipinski definition) is 1. The quantitative estimate of drug-likeness (QED) is 0.305. The number of sulfonamides is 1.